The predicted molar refractivity (Wildman–Crippen MR) is 79.0 cm³/mol. The van der Waals surface area contributed by atoms with Gasteiger partial charge in [0, 0.05) is 24.8 Å². The highest BCUT2D eigenvalue weighted by Gasteiger charge is 2.13. The average molecular weight is 305 g/mol. The summed E-state index contributed by atoms with van der Waals surface area (Å²) in [7, 11) is 0. The van der Waals surface area contributed by atoms with Crippen molar-refractivity contribution in [3.63, 3.8) is 0 Å². The highest BCUT2D eigenvalue weighted by Crippen LogP contribution is 2.03. The van der Waals surface area contributed by atoms with Crippen molar-refractivity contribution in [1.82, 2.24) is 14.9 Å². The lowest BCUT2D eigenvalue weighted by Crippen LogP contribution is -2.44. The third-order valence-corrected chi connectivity index (χ3v) is 2.62. The minimum Gasteiger partial charge on any atom is -0.351 e. The number of aromatic nitrogens is 2. The van der Waals surface area contributed by atoms with E-state index < -0.39 is 11.2 Å². The number of H-pyrrole nitrogens is 1. The van der Waals surface area contributed by atoms with E-state index in [2.05, 4.69) is 10.3 Å². The zero-order chi connectivity index (χ0) is 14.4. The van der Waals surface area contributed by atoms with Gasteiger partial charge in [-0.3, -0.25) is 19.1 Å². The Morgan fingerprint density at radius 1 is 1.45 bits per heavy atom. The predicted octanol–water partition coefficient (Wildman–Crippen LogP) is -0.552. The first-order valence-electron chi connectivity index (χ1n) is 6.21. The molecule has 0 bridgehead atoms. The number of halogens is 1. The van der Waals surface area contributed by atoms with E-state index in [0.717, 1.165) is 11.0 Å². The van der Waals surface area contributed by atoms with Crippen LogP contribution in [0.15, 0.2) is 21.9 Å². The van der Waals surface area contributed by atoms with Gasteiger partial charge in [0.1, 0.15) is 6.54 Å². The molecule has 1 atom stereocenters. The van der Waals surface area contributed by atoms with Crippen LogP contribution in [0.2, 0.25) is 0 Å². The van der Waals surface area contributed by atoms with E-state index in [-0.39, 0.29) is 30.9 Å². The molecule has 1 aromatic rings. The van der Waals surface area contributed by atoms with E-state index in [9.17, 15) is 14.4 Å². The van der Waals surface area contributed by atoms with Gasteiger partial charge in [-0.1, -0.05) is 13.8 Å². The molecular weight excluding hydrogens is 284 g/mol. The molecule has 0 spiro atoms. The smallest absolute Gasteiger partial charge is 0.328 e. The van der Waals surface area contributed by atoms with Crippen molar-refractivity contribution in [3.05, 3.63) is 33.1 Å². The first kappa shape index (κ1) is 18.4. The Hall–Kier alpha value is -1.60. The highest BCUT2D eigenvalue weighted by atomic mass is 35.5. The monoisotopic (exact) mass is 304 g/mol. The van der Waals surface area contributed by atoms with E-state index in [4.69, 9.17) is 5.73 Å². The summed E-state index contributed by atoms with van der Waals surface area (Å²) < 4.78 is 1.14. The molecule has 0 aromatic carbocycles. The maximum atomic E-state index is 11.8. The van der Waals surface area contributed by atoms with Crippen LogP contribution < -0.4 is 22.3 Å². The van der Waals surface area contributed by atoms with Gasteiger partial charge < -0.3 is 11.1 Å². The summed E-state index contributed by atoms with van der Waals surface area (Å²) in [5.74, 6) is 0.120. The third-order valence-electron chi connectivity index (χ3n) is 2.62. The molecule has 114 valence electrons. The zero-order valence-corrected chi connectivity index (χ0v) is 12.4. The summed E-state index contributed by atoms with van der Waals surface area (Å²) in [6, 6.07) is 1.09. The van der Waals surface area contributed by atoms with Crippen LogP contribution in [0.4, 0.5) is 0 Å². The highest BCUT2D eigenvalue weighted by molar-refractivity contribution is 5.85. The van der Waals surface area contributed by atoms with Crippen LogP contribution in [0, 0.1) is 5.92 Å². The van der Waals surface area contributed by atoms with E-state index in [1.54, 1.807) is 0 Å². The Labute approximate surface area is 123 Å². The number of hydrogen-bond donors (Lipinski definition) is 3. The number of hydrogen-bond acceptors (Lipinski definition) is 4. The second kappa shape index (κ2) is 8.55. The van der Waals surface area contributed by atoms with Gasteiger partial charge in [0.25, 0.3) is 5.56 Å². The number of nitrogens with two attached hydrogens (primary N) is 1. The average Bonchev–Trinajstić information content (AvgIpc) is 2.31. The first-order valence-corrected chi connectivity index (χ1v) is 6.21. The summed E-state index contributed by atoms with van der Waals surface area (Å²) in [6.45, 7) is 4.30. The van der Waals surface area contributed by atoms with Crippen molar-refractivity contribution in [2.75, 3.05) is 6.54 Å². The molecule has 0 saturated heterocycles. The molecule has 1 unspecified atom stereocenters. The van der Waals surface area contributed by atoms with Crippen molar-refractivity contribution < 1.29 is 4.79 Å². The molecule has 1 aromatic heterocycles. The number of nitrogens with one attached hydrogen (secondary N) is 2. The molecule has 1 heterocycles. The van der Waals surface area contributed by atoms with Crippen LogP contribution in [0.3, 0.4) is 0 Å². The SMILES string of the molecule is CC(C)CC(CN)NC(=O)Cn1ccc(=O)[nH]c1=O.Cl. The van der Waals surface area contributed by atoms with Crippen molar-refractivity contribution in [3.8, 4) is 0 Å². The van der Waals surface area contributed by atoms with Gasteiger partial charge in [0.05, 0.1) is 0 Å². The largest absolute Gasteiger partial charge is 0.351 e. The normalized spacial score (nSPS) is 11.8. The van der Waals surface area contributed by atoms with Crippen LogP contribution in [-0.2, 0) is 11.3 Å². The van der Waals surface area contributed by atoms with Crippen LogP contribution >= 0.6 is 12.4 Å². The third kappa shape index (κ3) is 6.03. The molecule has 0 aliphatic carbocycles. The Morgan fingerprint density at radius 3 is 2.60 bits per heavy atom. The fourth-order valence-electron chi connectivity index (χ4n) is 1.78. The minimum absolute atomic E-state index is 0. The molecular formula is C12H21ClN4O3. The lowest BCUT2D eigenvalue weighted by atomic mass is 10.0. The van der Waals surface area contributed by atoms with E-state index in [1.165, 1.54) is 12.3 Å². The lowest BCUT2D eigenvalue weighted by molar-refractivity contribution is -0.122. The van der Waals surface area contributed by atoms with Gasteiger partial charge in [-0.15, -0.1) is 12.4 Å². The molecule has 0 fully saturated rings. The fraction of sp³-hybridized carbons (Fsp3) is 0.583. The lowest BCUT2D eigenvalue weighted by Gasteiger charge is -2.18. The number of aromatic amines is 1. The minimum atomic E-state index is -0.601. The Bertz CT molecular complexity index is 538. The number of carbonyl (C=O) groups excluding carboxylic acids is 1. The van der Waals surface area contributed by atoms with Gasteiger partial charge >= 0.3 is 5.69 Å². The molecule has 0 saturated carbocycles. The quantitative estimate of drug-likeness (QED) is 0.655. The van der Waals surface area contributed by atoms with Crippen molar-refractivity contribution >= 4 is 18.3 Å². The molecule has 4 N–H and O–H groups in total. The molecule has 1 rings (SSSR count). The van der Waals surface area contributed by atoms with Crippen LogP contribution in [-0.4, -0.2) is 28.0 Å². The van der Waals surface area contributed by atoms with E-state index in [1.807, 2.05) is 13.8 Å². The Kier molecular flexibility index (Phi) is 7.86. The Balaban J connectivity index is 0.00000361. The maximum Gasteiger partial charge on any atom is 0.328 e. The molecule has 8 heteroatoms. The molecule has 0 radical (unpaired) electrons. The molecule has 1 amide bonds. The summed E-state index contributed by atoms with van der Waals surface area (Å²) in [5, 5.41) is 2.77. The molecule has 0 aliphatic rings. The summed E-state index contributed by atoms with van der Waals surface area (Å²) >= 11 is 0. The van der Waals surface area contributed by atoms with Gasteiger partial charge in [0.2, 0.25) is 5.91 Å². The maximum absolute atomic E-state index is 11.8. The van der Waals surface area contributed by atoms with E-state index >= 15 is 0 Å². The van der Waals surface area contributed by atoms with Crippen LogP contribution in [0.25, 0.3) is 0 Å². The number of amides is 1. The van der Waals surface area contributed by atoms with Crippen molar-refractivity contribution in [2.45, 2.75) is 32.9 Å². The summed E-state index contributed by atoms with van der Waals surface area (Å²) in [4.78, 5) is 36.2. The fourth-order valence-corrected chi connectivity index (χ4v) is 1.78. The topological polar surface area (TPSA) is 110 Å². The summed E-state index contributed by atoms with van der Waals surface area (Å²) in [5.41, 5.74) is 4.50. The standard InChI is InChI=1S/C12H20N4O3.ClH/c1-8(2)5-9(6-13)14-11(18)7-16-4-3-10(17)15-12(16)19;/h3-4,8-9H,5-7,13H2,1-2H3,(H,14,18)(H,15,17,19);1H. The van der Waals surface area contributed by atoms with Gasteiger partial charge in [0.15, 0.2) is 0 Å². The molecule has 7 nitrogen and oxygen atoms in total. The Morgan fingerprint density at radius 2 is 2.10 bits per heavy atom. The van der Waals surface area contributed by atoms with Crippen LogP contribution in [0.5, 0.6) is 0 Å². The first-order chi connectivity index (χ1) is 8.92. The van der Waals surface area contributed by atoms with E-state index in [0.29, 0.717) is 12.5 Å². The zero-order valence-electron chi connectivity index (χ0n) is 11.6. The number of carbonyl (C=O) groups is 1. The summed E-state index contributed by atoms with van der Waals surface area (Å²) in [6.07, 6.45) is 2.07. The van der Waals surface area contributed by atoms with Crippen molar-refractivity contribution in [1.29, 1.82) is 0 Å². The molecule has 0 aliphatic heterocycles. The second-order valence-corrected chi connectivity index (χ2v) is 4.87. The van der Waals surface area contributed by atoms with Gasteiger partial charge in [-0.25, -0.2) is 4.79 Å². The van der Waals surface area contributed by atoms with Crippen LogP contribution in [0.1, 0.15) is 20.3 Å². The van der Waals surface area contributed by atoms with Crippen molar-refractivity contribution in [2.24, 2.45) is 11.7 Å². The second-order valence-electron chi connectivity index (χ2n) is 4.87. The number of nitrogens with zero attached hydrogens (tertiary/aromatic N) is 1. The number of rotatable bonds is 6. The van der Waals surface area contributed by atoms with Gasteiger partial charge in [-0.05, 0) is 12.3 Å². The molecule has 20 heavy (non-hydrogen) atoms. The van der Waals surface area contributed by atoms with Gasteiger partial charge in [-0.2, -0.15) is 0 Å².